The molecule has 0 aliphatic carbocycles. The van der Waals surface area contributed by atoms with Crippen LogP contribution in [0.15, 0.2) is 76.1 Å². The number of carbonyl (C=O) groups is 2. The summed E-state index contributed by atoms with van der Waals surface area (Å²) in [7, 11) is -1.43. The number of nitrogens with one attached hydrogen (secondary N) is 1. The highest BCUT2D eigenvalue weighted by molar-refractivity contribution is 9.10. The standard InChI is InChI=1S/C24H23BrN2O6S/c1-16-8-10-17(11-9-16)27(34(30,31)18-12-13-22(32-2)20(25)14-18)15-23(28)26-21-7-5-4-6-19(21)24(29)33-3/h4-14H,15H2,1-3H3,(H,26,28). The summed E-state index contributed by atoms with van der Waals surface area (Å²) in [6, 6.07) is 17.4. The van der Waals surface area contributed by atoms with E-state index in [1.807, 2.05) is 6.92 Å². The maximum Gasteiger partial charge on any atom is 0.339 e. The van der Waals surface area contributed by atoms with E-state index in [0.29, 0.717) is 15.9 Å². The number of carbonyl (C=O) groups excluding carboxylic acids is 2. The fourth-order valence-corrected chi connectivity index (χ4v) is 5.30. The summed E-state index contributed by atoms with van der Waals surface area (Å²) in [5, 5.41) is 2.62. The van der Waals surface area contributed by atoms with E-state index in [2.05, 4.69) is 21.2 Å². The number of esters is 1. The number of sulfonamides is 1. The zero-order valence-corrected chi connectivity index (χ0v) is 21.1. The van der Waals surface area contributed by atoms with Gasteiger partial charge in [0, 0.05) is 0 Å². The van der Waals surface area contributed by atoms with Gasteiger partial charge in [0.2, 0.25) is 5.91 Å². The highest BCUT2D eigenvalue weighted by Gasteiger charge is 2.28. The van der Waals surface area contributed by atoms with Crippen molar-refractivity contribution < 1.29 is 27.5 Å². The van der Waals surface area contributed by atoms with Crippen molar-refractivity contribution in [2.45, 2.75) is 11.8 Å². The van der Waals surface area contributed by atoms with Gasteiger partial charge in [-0.2, -0.15) is 0 Å². The molecule has 8 nitrogen and oxygen atoms in total. The second kappa shape index (κ2) is 10.7. The van der Waals surface area contributed by atoms with Gasteiger partial charge in [0.05, 0.1) is 40.5 Å². The molecule has 0 fully saturated rings. The first-order chi connectivity index (χ1) is 16.2. The van der Waals surface area contributed by atoms with Gasteiger partial charge in [-0.3, -0.25) is 9.10 Å². The van der Waals surface area contributed by atoms with Crippen LogP contribution in [0.4, 0.5) is 11.4 Å². The Morgan fingerprint density at radius 2 is 1.68 bits per heavy atom. The Morgan fingerprint density at radius 3 is 2.29 bits per heavy atom. The Hall–Kier alpha value is -3.37. The zero-order chi connectivity index (χ0) is 24.9. The summed E-state index contributed by atoms with van der Waals surface area (Å²) in [4.78, 5) is 25.0. The summed E-state index contributed by atoms with van der Waals surface area (Å²) in [6.45, 7) is 1.35. The van der Waals surface area contributed by atoms with Gasteiger partial charge in [0.1, 0.15) is 12.3 Å². The molecule has 0 unspecified atom stereocenters. The molecule has 1 N–H and O–H groups in total. The number of hydrogen-bond donors (Lipinski definition) is 1. The number of ether oxygens (including phenoxy) is 2. The van der Waals surface area contributed by atoms with Crippen molar-refractivity contribution >= 4 is 49.2 Å². The van der Waals surface area contributed by atoms with Gasteiger partial charge in [-0.1, -0.05) is 29.8 Å². The monoisotopic (exact) mass is 546 g/mol. The van der Waals surface area contributed by atoms with E-state index in [1.165, 1.54) is 44.6 Å². The fraction of sp³-hybridized carbons (Fsp3) is 0.167. The molecule has 0 aromatic heterocycles. The highest BCUT2D eigenvalue weighted by Crippen LogP contribution is 2.31. The van der Waals surface area contributed by atoms with Crippen molar-refractivity contribution in [3.05, 3.63) is 82.3 Å². The molecule has 3 aromatic rings. The Balaban J connectivity index is 1.98. The molecule has 3 rings (SSSR count). The van der Waals surface area contributed by atoms with Crippen LogP contribution in [0, 0.1) is 6.92 Å². The van der Waals surface area contributed by atoms with Crippen LogP contribution in [0.1, 0.15) is 15.9 Å². The van der Waals surface area contributed by atoms with Crippen LogP contribution >= 0.6 is 15.9 Å². The van der Waals surface area contributed by atoms with Gasteiger partial charge in [0.15, 0.2) is 0 Å². The van der Waals surface area contributed by atoms with Gasteiger partial charge in [0.25, 0.3) is 10.0 Å². The average Bonchev–Trinajstić information content (AvgIpc) is 2.83. The van der Waals surface area contributed by atoms with Crippen LogP contribution in [0.5, 0.6) is 5.75 Å². The minimum atomic E-state index is -4.14. The maximum absolute atomic E-state index is 13.6. The molecule has 0 aliphatic rings. The van der Waals surface area contributed by atoms with Gasteiger partial charge >= 0.3 is 5.97 Å². The SMILES string of the molecule is COC(=O)c1ccccc1NC(=O)CN(c1ccc(C)cc1)S(=O)(=O)c1ccc(OC)c(Br)c1. The van der Waals surface area contributed by atoms with Crippen LogP contribution in [0.25, 0.3) is 0 Å². The molecule has 0 radical (unpaired) electrons. The van der Waals surface area contributed by atoms with Crippen molar-refractivity contribution in [1.29, 1.82) is 0 Å². The van der Waals surface area contributed by atoms with E-state index in [0.717, 1.165) is 9.87 Å². The van der Waals surface area contributed by atoms with E-state index >= 15 is 0 Å². The smallest absolute Gasteiger partial charge is 0.339 e. The summed E-state index contributed by atoms with van der Waals surface area (Å²) in [5.74, 6) is -0.784. The first kappa shape index (κ1) is 25.3. The first-order valence-corrected chi connectivity index (χ1v) is 12.3. The number of anilines is 2. The van der Waals surface area contributed by atoms with Crippen LogP contribution in [0.3, 0.4) is 0 Å². The molecule has 0 aliphatic heterocycles. The number of para-hydroxylation sites is 1. The summed E-state index contributed by atoms with van der Waals surface area (Å²) in [6.07, 6.45) is 0. The maximum atomic E-state index is 13.6. The summed E-state index contributed by atoms with van der Waals surface area (Å²) in [5.41, 5.74) is 1.62. The number of amides is 1. The minimum absolute atomic E-state index is 0.0245. The van der Waals surface area contributed by atoms with Gasteiger partial charge in [-0.15, -0.1) is 0 Å². The predicted molar refractivity (Wildman–Crippen MR) is 133 cm³/mol. The quantitative estimate of drug-likeness (QED) is 0.420. The minimum Gasteiger partial charge on any atom is -0.496 e. The largest absolute Gasteiger partial charge is 0.496 e. The van der Waals surface area contributed by atoms with E-state index in [9.17, 15) is 18.0 Å². The number of benzene rings is 3. The molecular formula is C24H23BrN2O6S. The molecule has 3 aromatic carbocycles. The van der Waals surface area contributed by atoms with Crippen molar-refractivity contribution in [2.75, 3.05) is 30.4 Å². The number of rotatable bonds is 8. The summed E-state index contributed by atoms with van der Waals surface area (Å²) >= 11 is 3.31. The molecule has 178 valence electrons. The van der Waals surface area contributed by atoms with Crippen molar-refractivity contribution in [3.8, 4) is 5.75 Å². The molecule has 0 spiro atoms. The lowest BCUT2D eigenvalue weighted by molar-refractivity contribution is -0.114. The van der Waals surface area contributed by atoms with Crippen LogP contribution in [0.2, 0.25) is 0 Å². The molecule has 0 saturated heterocycles. The Labute approximate surface area is 206 Å². The molecule has 1 amide bonds. The van der Waals surface area contributed by atoms with E-state index < -0.39 is 28.4 Å². The molecule has 34 heavy (non-hydrogen) atoms. The topological polar surface area (TPSA) is 102 Å². The normalized spacial score (nSPS) is 10.9. The summed E-state index contributed by atoms with van der Waals surface area (Å²) < 4.78 is 38.6. The number of halogens is 1. The van der Waals surface area contributed by atoms with Crippen molar-refractivity contribution in [3.63, 3.8) is 0 Å². The average molecular weight is 547 g/mol. The molecule has 0 saturated carbocycles. The molecular weight excluding hydrogens is 524 g/mol. The molecule has 0 atom stereocenters. The van der Waals surface area contributed by atoms with Gasteiger partial charge < -0.3 is 14.8 Å². The van der Waals surface area contributed by atoms with Crippen LogP contribution in [-0.4, -0.2) is 41.1 Å². The predicted octanol–water partition coefficient (Wildman–Crippen LogP) is 4.39. The second-order valence-corrected chi connectivity index (χ2v) is 9.95. The second-order valence-electron chi connectivity index (χ2n) is 7.23. The van der Waals surface area contributed by atoms with Crippen LogP contribution in [-0.2, 0) is 19.6 Å². The third kappa shape index (κ3) is 5.57. The number of aryl methyl sites for hydroxylation is 1. The van der Waals surface area contributed by atoms with Gasteiger partial charge in [-0.25, -0.2) is 13.2 Å². The molecule has 10 heteroatoms. The van der Waals surface area contributed by atoms with Crippen molar-refractivity contribution in [1.82, 2.24) is 0 Å². The molecule has 0 bridgehead atoms. The molecule has 0 heterocycles. The van der Waals surface area contributed by atoms with E-state index in [4.69, 9.17) is 9.47 Å². The first-order valence-electron chi connectivity index (χ1n) is 10.1. The Morgan fingerprint density at radius 1 is 1.00 bits per heavy atom. The third-order valence-corrected chi connectivity index (χ3v) is 7.32. The Kier molecular flexibility index (Phi) is 7.95. The van der Waals surface area contributed by atoms with Crippen LogP contribution < -0.4 is 14.4 Å². The highest BCUT2D eigenvalue weighted by atomic mass is 79.9. The number of hydrogen-bond acceptors (Lipinski definition) is 6. The van der Waals surface area contributed by atoms with Crippen molar-refractivity contribution in [2.24, 2.45) is 0 Å². The third-order valence-electron chi connectivity index (χ3n) is 4.93. The lowest BCUT2D eigenvalue weighted by atomic mass is 10.2. The Bertz CT molecular complexity index is 1310. The zero-order valence-electron chi connectivity index (χ0n) is 18.7. The number of nitrogens with zero attached hydrogens (tertiary/aromatic N) is 1. The lowest BCUT2D eigenvalue weighted by Crippen LogP contribution is -2.38. The van der Waals surface area contributed by atoms with E-state index in [1.54, 1.807) is 36.4 Å². The number of methoxy groups -OCH3 is 2. The van der Waals surface area contributed by atoms with Gasteiger partial charge in [-0.05, 0) is 65.3 Å². The lowest BCUT2D eigenvalue weighted by Gasteiger charge is -2.24. The van der Waals surface area contributed by atoms with E-state index in [-0.39, 0.29) is 16.1 Å². The fourth-order valence-electron chi connectivity index (χ4n) is 3.16.